The summed E-state index contributed by atoms with van der Waals surface area (Å²) in [5.74, 6) is -1.07. The molecule has 5 rings (SSSR count). The van der Waals surface area contributed by atoms with Gasteiger partial charge in [-0.15, -0.1) is 0 Å². The predicted octanol–water partition coefficient (Wildman–Crippen LogP) is 2.89. The third kappa shape index (κ3) is 3.54. The molecule has 3 saturated carbocycles. The van der Waals surface area contributed by atoms with Crippen molar-refractivity contribution in [2.24, 2.45) is 16.7 Å². The fourth-order valence-corrected chi connectivity index (χ4v) is 8.39. The summed E-state index contributed by atoms with van der Waals surface area (Å²) in [7, 11) is 0. The van der Waals surface area contributed by atoms with Gasteiger partial charge in [-0.05, 0) is 68.9 Å². The van der Waals surface area contributed by atoms with E-state index < -0.39 is 57.8 Å². The van der Waals surface area contributed by atoms with Gasteiger partial charge in [0.1, 0.15) is 22.9 Å². The number of carbonyl (C=O) groups is 1. The van der Waals surface area contributed by atoms with Crippen molar-refractivity contribution in [3.05, 3.63) is 53.6 Å². The lowest BCUT2D eigenvalue weighted by molar-refractivity contribution is -0.325. The maximum absolute atomic E-state index is 12.6. The molecule has 0 unspecified atom stereocenters. The molecular weight excluding hydrogens is 472 g/mol. The van der Waals surface area contributed by atoms with Crippen LogP contribution in [0, 0.1) is 16.7 Å². The molecule has 0 heterocycles. The van der Waals surface area contributed by atoms with E-state index in [1.54, 1.807) is 19.9 Å². The Morgan fingerprint density at radius 2 is 1.78 bits per heavy atom. The molecule has 202 valence electrons. The van der Waals surface area contributed by atoms with Crippen LogP contribution in [-0.2, 0) is 9.53 Å². The molecule has 5 N–H and O–H groups in total. The molecule has 1 aromatic rings. The first kappa shape index (κ1) is 26.6. The van der Waals surface area contributed by atoms with Crippen LogP contribution in [0.2, 0.25) is 0 Å². The molecule has 4 aliphatic carbocycles. The number of esters is 1. The van der Waals surface area contributed by atoms with Crippen molar-refractivity contribution in [2.75, 3.05) is 0 Å². The van der Waals surface area contributed by atoms with Crippen LogP contribution in [0.1, 0.15) is 71.3 Å². The third-order valence-electron chi connectivity index (χ3n) is 10.8. The molecule has 4 aliphatic rings. The Labute approximate surface area is 218 Å². The van der Waals surface area contributed by atoms with E-state index in [0.29, 0.717) is 19.3 Å². The van der Waals surface area contributed by atoms with E-state index in [1.807, 2.05) is 36.4 Å². The van der Waals surface area contributed by atoms with Crippen LogP contribution in [0.5, 0.6) is 0 Å². The second-order valence-electron chi connectivity index (χ2n) is 12.3. The van der Waals surface area contributed by atoms with Gasteiger partial charge in [0.15, 0.2) is 0 Å². The monoisotopic (exact) mass is 512 g/mol. The largest absolute Gasteiger partial charge is 0.456 e. The van der Waals surface area contributed by atoms with Gasteiger partial charge >= 0.3 is 5.97 Å². The van der Waals surface area contributed by atoms with Crippen molar-refractivity contribution >= 4 is 12.0 Å². The number of ether oxygens (including phenoxy) is 1. The van der Waals surface area contributed by atoms with Crippen LogP contribution < -0.4 is 0 Å². The van der Waals surface area contributed by atoms with Crippen molar-refractivity contribution in [1.29, 1.82) is 0 Å². The van der Waals surface area contributed by atoms with Gasteiger partial charge in [0.2, 0.25) is 0 Å². The van der Waals surface area contributed by atoms with Crippen LogP contribution >= 0.6 is 0 Å². The maximum atomic E-state index is 12.6. The number of benzene rings is 1. The normalized spacial score (nSPS) is 45.9. The van der Waals surface area contributed by atoms with E-state index >= 15 is 0 Å². The molecule has 1 aromatic carbocycles. The SMILES string of the molecule is C[C@H](OC(=O)C=Cc1ccccc1)[C@]1(O)CC[C@@]2(O)[C@]1(C)[C@H](O)C[C@@H]1[C@@]3(C)CC[C@H](O)CC3=CC[C@]12O. The summed E-state index contributed by atoms with van der Waals surface area (Å²) in [4.78, 5) is 12.6. The molecule has 0 radical (unpaired) electrons. The lowest BCUT2D eigenvalue weighted by Gasteiger charge is -2.67. The summed E-state index contributed by atoms with van der Waals surface area (Å²) in [5.41, 5.74) is -5.25. The van der Waals surface area contributed by atoms with Crippen LogP contribution in [0.4, 0.5) is 0 Å². The molecule has 0 spiro atoms. The standard InChI is InChI=1S/C30H40O7/c1-19(37-25(33)10-9-20-7-5-4-6-8-20)28(34)15-16-30(36)27(28,3)24(32)18-23-26(2)13-12-22(31)17-21(26)11-14-29(23,30)35/h4-11,19,22-24,31-32,34-36H,12-18H2,1-3H3/t19-,22-,23+,24+,26-,27+,28+,29-,30+/m0/s1. The Kier molecular flexibility index (Phi) is 6.28. The highest BCUT2D eigenvalue weighted by Crippen LogP contribution is 2.70. The Balaban J connectivity index is 1.44. The van der Waals surface area contributed by atoms with Gasteiger partial charge in [0.25, 0.3) is 0 Å². The van der Waals surface area contributed by atoms with E-state index in [1.165, 1.54) is 6.08 Å². The Hall–Kier alpha value is -2.03. The Bertz CT molecular complexity index is 1120. The Morgan fingerprint density at radius 1 is 1.08 bits per heavy atom. The van der Waals surface area contributed by atoms with Gasteiger partial charge in [0.05, 0.1) is 17.6 Å². The minimum absolute atomic E-state index is 0.0632. The number of fused-ring (bicyclic) bond motifs is 5. The number of rotatable bonds is 4. The maximum Gasteiger partial charge on any atom is 0.331 e. The molecule has 0 aromatic heterocycles. The lowest BCUT2D eigenvalue weighted by Crippen LogP contribution is -2.78. The topological polar surface area (TPSA) is 127 Å². The molecule has 9 atom stereocenters. The first-order valence-corrected chi connectivity index (χ1v) is 13.5. The van der Waals surface area contributed by atoms with Gasteiger partial charge in [-0.1, -0.05) is 55.8 Å². The second kappa shape index (κ2) is 8.75. The molecular formula is C30H40O7. The fourth-order valence-electron chi connectivity index (χ4n) is 8.39. The molecule has 3 fully saturated rings. The number of hydrogen-bond donors (Lipinski definition) is 5. The van der Waals surface area contributed by atoms with Crippen LogP contribution in [0.3, 0.4) is 0 Å². The first-order valence-electron chi connectivity index (χ1n) is 13.5. The molecule has 0 amide bonds. The van der Waals surface area contributed by atoms with Crippen molar-refractivity contribution in [1.82, 2.24) is 0 Å². The zero-order chi connectivity index (χ0) is 26.9. The van der Waals surface area contributed by atoms with Gasteiger partial charge < -0.3 is 30.3 Å². The van der Waals surface area contributed by atoms with Crippen molar-refractivity contribution in [3.8, 4) is 0 Å². The van der Waals surface area contributed by atoms with E-state index in [0.717, 1.165) is 11.1 Å². The van der Waals surface area contributed by atoms with Gasteiger partial charge in [-0.25, -0.2) is 4.79 Å². The third-order valence-corrected chi connectivity index (χ3v) is 10.8. The molecule has 0 aliphatic heterocycles. The number of hydrogen-bond acceptors (Lipinski definition) is 7. The zero-order valence-corrected chi connectivity index (χ0v) is 21.9. The quantitative estimate of drug-likeness (QED) is 0.238. The summed E-state index contributed by atoms with van der Waals surface area (Å²) in [6, 6.07) is 9.30. The number of aliphatic hydroxyl groups excluding tert-OH is 2. The van der Waals surface area contributed by atoms with Crippen LogP contribution in [0.15, 0.2) is 48.1 Å². The second-order valence-corrected chi connectivity index (χ2v) is 12.3. The van der Waals surface area contributed by atoms with E-state index in [9.17, 15) is 30.3 Å². The van der Waals surface area contributed by atoms with Crippen molar-refractivity contribution in [3.63, 3.8) is 0 Å². The molecule has 0 saturated heterocycles. The van der Waals surface area contributed by atoms with Crippen LogP contribution in [-0.4, -0.2) is 66.6 Å². The summed E-state index contributed by atoms with van der Waals surface area (Å²) in [6.07, 6.45) is 4.55. The smallest absolute Gasteiger partial charge is 0.331 e. The van der Waals surface area contributed by atoms with Crippen LogP contribution in [0.25, 0.3) is 6.08 Å². The van der Waals surface area contributed by atoms with Crippen molar-refractivity contribution in [2.45, 2.75) is 101 Å². The number of aliphatic hydroxyl groups is 5. The minimum Gasteiger partial charge on any atom is -0.456 e. The zero-order valence-electron chi connectivity index (χ0n) is 21.9. The minimum atomic E-state index is -1.81. The number of carbonyl (C=O) groups excluding carboxylic acids is 1. The summed E-state index contributed by atoms with van der Waals surface area (Å²) < 4.78 is 5.63. The highest BCUT2D eigenvalue weighted by molar-refractivity contribution is 5.87. The first-order chi connectivity index (χ1) is 17.3. The predicted molar refractivity (Wildman–Crippen MR) is 138 cm³/mol. The molecule has 7 heteroatoms. The van der Waals surface area contributed by atoms with E-state index in [2.05, 4.69) is 6.92 Å². The lowest BCUT2D eigenvalue weighted by atomic mass is 9.42. The average Bonchev–Trinajstić information content (AvgIpc) is 3.10. The Morgan fingerprint density at radius 3 is 2.49 bits per heavy atom. The van der Waals surface area contributed by atoms with E-state index in [-0.39, 0.29) is 25.7 Å². The van der Waals surface area contributed by atoms with Gasteiger partial charge in [0, 0.05) is 12.0 Å². The summed E-state index contributed by atoms with van der Waals surface area (Å²) >= 11 is 0. The summed E-state index contributed by atoms with van der Waals surface area (Å²) in [5, 5.41) is 58.5. The average molecular weight is 513 g/mol. The molecule has 37 heavy (non-hydrogen) atoms. The van der Waals surface area contributed by atoms with Gasteiger partial charge in [-0.3, -0.25) is 0 Å². The van der Waals surface area contributed by atoms with Gasteiger partial charge in [-0.2, -0.15) is 0 Å². The van der Waals surface area contributed by atoms with Crippen molar-refractivity contribution < 1.29 is 35.1 Å². The van der Waals surface area contributed by atoms with E-state index in [4.69, 9.17) is 4.74 Å². The molecule has 7 nitrogen and oxygen atoms in total. The highest BCUT2D eigenvalue weighted by atomic mass is 16.6. The fraction of sp³-hybridized carbons (Fsp3) is 0.633. The summed E-state index contributed by atoms with van der Waals surface area (Å²) in [6.45, 7) is 5.26. The highest BCUT2D eigenvalue weighted by Gasteiger charge is 2.80. The molecule has 0 bridgehead atoms.